The molecule has 2 aromatic carbocycles. The zero-order chi connectivity index (χ0) is 15.5. The SMILES string of the molecule is CCN(CC(C)(C)C(C)NC)c1cccc2ccccc12. The standard InChI is InChI=1S/C19H28N2/c1-6-21(14-19(3,4)15(2)20-5)18-13-9-11-16-10-7-8-12-17(16)18/h7-13,15,20H,6,14H2,1-5H3. The van der Waals surface area contributed by atoms with Crippen molar-refractivity contribution >= 4 is 16.5 Å². The summed E-state index contributed by atoms with van der Waals surface area (Å²) in [5.41, 5.74) is 1.55. The Morgan fingerprint density at radius 2 is 1.76 bits per heavy atom. The van der Waals surface area contributed by atoms with Gasteiger partial charge in [0.1, 0.15) is 0 Å². The van der Waals surface area contributed by atoms with Crippen molar-refractivity contribution in [1.82, 2.24) is 5.32 Å². The first-order chi connectivity index (χ1) is 9.99. The predicted octanol–water partition coefficient (Wildman–Crippen LogP) is 4.30. The summed E-state index contributed by atoms with van der Waals surface area (Å²) in [6.07, 6.45) is 0. The molecule has 0 radical (unpaired) electrons. The van der Waals surface area contributed by atoms with Crippen LogP contribution in [-0.4, -0.2) is 26.2 Å². The largest absolute Gasteiger partial charge is 0.371 e. The third-order valence-corrected chi connectivity index (χ3v) is 4.69. The molecule has 21 heavy (non-hydrogen) atoms. The Hall–Kier alpha value is -1.54. The van der Waals surface area contributed by atoms with Gasteiger partial charge in [-0.2, -0.15) is 0 Å². The maximum atomic E-state index is 3.40. The van der Waals surface area contributed by atoms with E-state index in [1.165, 1.54) is 16.5 Å². The molecule has 114 valence electrons. The average molecular weight is 284 g/mol. The van der Waals surface area contributed by atoms with Crippen LogP contribution in [0.25, 0.3) is 10.8 Å². The molecule has 0 saturated carbocycles. The monoisotopic (exact) mass is 284 g/mol. The lowest BCUT2D eigenvalue weighted by molar-refractivity contribution is 0.272. The van der Waals surface area contributed by atoms with E-state index in [9.17, 15) is 0 Å². The van der Waals surface area contributed by atoms with Crippen molar-refractivity contribution in [2.24, 2.45) is 5.41 Å². The van der Waals surface area contributed by atoms with E-state index in [4.69, 9.17) is 0 Å². The first kappa shape index (κ1) is 15.8. The second-order valence-corrected chi connectivity index (χ2v) is 6.51. The van der Waals surface area contributed by atoms with Crippen LogP contribution in [0.1, 0.15) is 27.7 Å². The molecule has 0 bridgehead atoms. The molecule has 0 aliphatic rings. The highest BCUT2D eigenvalue weighted by Gasteiger charge is 2.27. The second kappa shape index (κ2) is 6.48. The minimum atomic E-state index is 0.210. The normalized spacial score (nSPS) is 13.4. The predicted molar refractivity (Wildman–Crippen MR) is 94.1 cm³/mol. The van der Waals surface area contributed by atoms with Crippen LogP contribution >= 0.6 is 0 Å². The molecule has 1 atom stereocenters. The van der Waals surface area contributed by atoms with E-state index in [1.807, 2.05) is 7.05 Å². The molecule has 0 spiro atoms. The van der Waals surface area contributed by atoms with E-state index in [0.29, 0.717) is 6.04 Å². The fraction of sp³-hybridized carbons (Fsp3) is 0.474. The zero-order valence-electron chi connectivity index (χ0n) is 14.0. The number of rotatable bonds is 6. The summed E-state index contributed by atoms with van der Waals surface area (Å²) >= 11 is 0. The lowest BCUT2D eigenvalue weighted by Crippen LogP contribution is -2.45. The highest BCUT2D eigenvalue weighted by molar-refractivity contribution is 5.94. The number of nitrogens with one attached hydrogen (secondary N) is 1. The van der Waals surface area contributed by atoms with Gasteiger partial charge in [0.25, 0.3) is 0 Å². The minimum absolute atomic E-state index is 0.210. The Bertz CT molecular complexity index is 584. The first-order valence-corrected chi connectivity index (χ1v) is 7.89. The Morgan fingerprint density at radius 3 is 2.43 bits per heavy atom. The molecule has 0 fully saturated rings. The Labute approximate surface area is 129 Å². The molecular formula is C19H28N2. The minimum Gasteiger partial charge on any atom is -0.371 e. The summed E-state index contributed by atoms with van der Waals surface area (Å²) in [5, 5.41) is 6.05. The number of hydrogen-bond donors (Lipinski definition) is 1. The summed E-state index contributed by atoms with van der Waals surface area (Å²) in [6, 6.07) is 15.7. The van der Waals surface area contributed by atoms with Crippen molar-refractivity contribution in [1.29, 1.82) is 0 Å². The van der Waals surface area contributed by atoms with Gasteiger partial charge in [-0.1, -0.05) is 50.2 Å². The van der Waals surface area contributed by atoms with E-state index in [2.05, 4.69) is 80.4 Å². The number of anilines is 1. The van der Waals surface area contributed by atoms with Gasteiger partial charge in [-0.3, -0.25) is 0 Å². The van der Waals surface area contributed by atoms with Crippen molar-refractivity contribution in [2.45, 2.75) is 33.7 Å². The molecule has 0 heterocycles. The fourth-order valence-electron chi connectivity index (χ4n) is 2.87. The van der Waals surface area contributed by atoms with Crippen LogP contribution in [0.15, 0.2) is 42.5 Å². The van der Waals surface area contributed by atoms with E-state index >= 15 is 0 Å². The van der Waals surface area contributed by atoms with Crippen LogP contribution < -0.4 is 10.2 Å². The molecule has 2 aromatic rings. The number of hydrogen-bond acceptors (Lipinski definition) is 2. The van der Waals surface area contributed by atoms with Crippen molar-refractivity contribution < 1.29 is 0 Å². The number of benzene rings is 2. The van der Waals surface area contributed by atoms with Gasteiger partial charge in [0, 0.05) is 30.2 Å². The van der Waals surface area contributed by atoms with Crippen LogP contribution in [0.3, 0.4) is 0 Å². The molecule has 2 nitrogen and oxygen atoms in total. The van der Waals surface area contributed by atoms with Gasteiger partial charge in [0.2, 0.25) is 0 Å². The Kier molecular flexibility index (Phi) is 4.89. The summed E-state index contributed by atoms with van der Waals surface area (Å²) in [5.74, 6) is 0. The smallest absolute Gasteiger partial charge is 0.0445 e. The second-order valence-electron chi connectivity index (χ2n) is 6.51. The van der Waals surface area contributed by atoms with Gasteiger partial charge in [-0.05, 0) is 37.8 Å². The Morgan fingerprint density at radius 1 is 1.10 bits per heavy atom. The van der Waals surface area contributed by atoms with Gasteiger partial charge in [-0.15, -0.1) is 0 Å². The maximum absolute atomic E-state index is 3.40. The molecule has 1 N–H and O–H groups in total. The lowest BCUT2D eigenvalue weighted by atomic mass is 9.84. The summed E-state index contributed by atoms with van der Waals surface area (Å²) in [6.45, 7) is 11.2. The molecule has 0 aromatic heterocycles. The summed E-state index contributed by atoms with van der Waals surface area (Å²) in [7, 11) is 2.04. The Balaban J connectivity index is 2.36. The van der Waals surface area contributed by atoms with Gasteiger partial charge >= 0.3 is 0 Å². The molecule has 2 heteroatoms. The molecule has 0 amide bonds. The lowest BCUT2D eigenvalue weighted by Gasteiger charge is -2.38. The fourth-order valence-corrected chi connectivity index (χ4v) is 2.87. The first-order valence-electron chi connectivity index (χ1n) is 7.89. The highest BCUT2D eigenvalue weighted by Crippen LogP contribution is 2.30. The third kappa shape index (κ3) is 3.38. The topological polar surface area (TPSA) is 15.3 Å². The van der Waals surface area contributed by atoms with Crippen LogP contribution in [0.5, 0.6) is 0 Å². The molecule has 2 rings (SSSR count). The third-order valence-electron chi connectivity index (χ3n) is 4.69. The molecule has 0 aliphatic heterocycles. The van der Waals surface area contributed by atoms with Crippen molar-refractivity contribution in [3.8, 4) is 0 Å². The maximum Gasteiger partial charge on any atom is 0.0445 e. The van der Waals surface area contributed by atoms with Crippen molar-refractivity contribution in [3.63, 3.8) is 0 Å². The molecule has 0 aliphatic carbocycles. The summed E-state index contributed by atoms with van der Waals surface area (Å²) < 4.78 is 0. The van der Waals surface area contributed by atoms with Gasteiger partial charge in [0.15, 0.2) is 0 Å². The molecular weight excluding hydrogens is 256 g/mol. The van der Waals surface area contributed by atoms with Crippen LogP contribution in [0.2, 0.25) is 0 Å². The summed E-state index contributed by atoms with van der Waals surface area (Å²) in [4.78, 5) is 2.50. The van der Waals surface area contributed by atoms with E-state index in [0.717, 1.165) is 13.1 Å². The van der Waals surface area contributed by atoms with Gasteiger partial charge in [0.05, 0.1) is 0 Å². The number of fused-ring (bicyclic) bond motifs is 1. The van der Waals surface area contributed by atoms with Crippen molar-refractivity contribution in [3.05, 3.63) is 42.5 Å². The molecule has 1 unspecified atom stereocenters. The quantitative estimate of drug-likeness (QED) is 0.851. The zero-order valence-corrected chi connectivity index (χ0v) is 14.0. The van der Waals surface area contributed by atoms with E-state index in [1.54, 1.807) is 0 Å². The van der Waals surface area contributed by atoms with Gasteiger partial charge in [-0.25, -0.2) is 0 Å². The van der Waals surface area contributed by atoms with Crippen LogP contribution in [-0.2, 0) is 0 Å². The van der Waals surface area contributed by atoms with Crippen molar-refractivity contribution in [2.75, 3.05) is 25.0 Å². The van der Waals surface area contributed by atoms with Crippen LogP contribution in [0.4, 0.5) is 5.69 Å². The van der Waals surface area contributed by atoms with Crippen LogP contribution in [0, 0.1) is 5.41 Å². The van der Waals surface area contributed by atoms with Gasteiger partial charge < -0.3 is 10.2 Å². The molecule has 0 saturated heterocycles. The van der Waals surface area contributed by atoms with E-state index in [-0.39, 0.29) is 5.41 Å². The average Bonchev–Trinajstić information content (AvgIpc) is 2.51. The number of nitrogens with zero attached hydrogens (tertiary/aromatic N) is 1. The van der Waals surface area contributed by atoms with E-state index < -0.39 is 0 Å². The highest BCUT2D eigenvalue weighted by atomic mass is 15.1.